The number of imidazole rings is 1. The first kappa shape index (κ1) is 18.1. The number of ether oxygens (including phenoxy) is 1. The molecule has 7 nitrogen and oxygen atoms in total. The molecule has 3 heterocycles. The van der Waals surface area contributed by atoms with Gasteiger partial charge in [-0.15, -0.1) is 10.2 Å². The molecule has 142 valence electrons. The molecule has 0 atom stereocenters. The summed E-state index contributed by atoms with van der Waals surface area (Å²) in [4.78, 5) is 8.86. The molecule has 3 aromatic heterocycles. The van der Waals surface area contributed by atoms with E-state index in [4.69, 9.17) is 4.74 Å². The highest BCUT2D eigenvalue weighted by Gasteiger charge is 2.14. The highest BCUT2D eigenvalue weighted by molar-refractivity contribution is 7.18. The van der Waals surface area contributed by atoms with Gasteiger partial charge >= 0.3 is 0 Å². The smallest absolute Gasteiger partial charge is 0.238 e. The van der Waals surface area contributed by atoms with Crippen molar-refractivity contribution in [1.29, 1.82) is 0 Å². The lowest BCUT2D eigenvalue weighted by atomic mass is 10.1. The zero-order valence-corrected chi connectivity index (χ0v) is 16.9. The van der Waals surface area contributed by atoms with Crippen LogP contribution in [0.2, 0.25) is 0 Å². The number of pyridine rings is 1. The molecular weight excluding hydrogens is 372 g/mol. The Labute approximate surface area is 167 Å². The SMILES string of the molecule is COc1nc(-c2nnc(Nc3cc(C)ccc3C)s2)ccc1-n1cnc(C)c1. The number of hydrogen-bond donors (Lipinski definition) is 1. The summed E-state index contributed by atoms with van der Waals surface area (Å²) in [6.45, 7) is 6.07. The predicted molar refractivity (Wildman–Crippen MR) is 111 cm³/mol. The van der Waals surface area contributed by atoms with Crippen LogP contribution >= 0.6 is 11.3 Å². The molecule has 28 heavy (non-hydrogen) atoms. The number of methoxy groups -OCH3 is 1. The van der Waals surface area contributed by atoms with Crippen LogP contribution in [0.25, 0.3) is 16.4 Å². The lowest BCUT2D eigenvalue weighted by Gasteiger charge is -2.09. The van der Waals surface area contributed by atoms with Crippen LogP contribution in [0, 0.1) is 20.8 Å². The van der Waals surface area contributed by atoms with E-state index in [0.29, 0.717) is 11.6 Å². The van der Waals surface area contributed by atoms with E-state index in [1.807, 2.05) is 29.8 Å². The normalized spacial score (nSPS) is 10.9. The second-order valence-corrected chi connectivity index (χ2v) is 7.48. The van der Waals surface area contributed by atoms with Crippen LogP contribution in [0.3, 0.4) is 0 Å². The summed E-state index contributed by atoms with van der Waals surface area (Å²) in [6.07, 6.45) is 3.67. The van der Waals surface area contributed by atoms with Crippen molar-refractivity contribution >= 4 is 22.2 Å². The number of benzene rings is 1. The van der Waals surface area contributed by atoms with Gasteiger partial charge in [-0.05, 0) is 50.1 Å². The number of nitrogens with zero attached hydrogens (tertiary/aromatic N) is 5. The number of hydrogen-bond acceptors (Lipinski definition) is 7. The summed E-state index contributed by atoms with van der Waals surface area (Å²) in [5, 5.41) is 13.3. The molecule has 0 amide bonds. The Morgan fingerprint density at radius 3 is 2.68 bits per heavy atom. The van der Waals surface area contributed by atoms with E-state index in [9.17, 15) is 0 Å². The van der Waals surface area contributed by atoms with Crippen molar-refractivity contribution in [3.63, 3.8) is 0 Å². The van der Waals surface area contributed by atoms with Gasteiger partial charge in [-0.2, -0.15) is 0 Å². The standard InChI is InChI=1S/C20H20N6OS/c1-12-5-6-13(2)16(9-12)23-20-25-24-19(28-20)15-7-8-17(18(22-15)27-4)26-10-14(3)21-11-26/h5-11H,1-4H3,(H,23,25). The molecule has 0 aliphatic rings. The summed E-state index contributed by atoms with van der Waals surface area (Å²) < 4.78 is 7.37. The summed E-state index contributed by atoms with van der Waals surface area (Å²) in [6, 6.07) is 10.1. The summed E-state index contributed by atoms with van der Waals surface area (Å²) in [7, 11) is 1.60. The first-order valence-electron chi connectivity index (χ1n) is 8.77. The third-order valence-electron chi connectivity index (χ3n) is 4.30. The Morgan fingerprint density at radius 1 is 1.07 bits per heavy atom. The highest BCUT2D eigenvalue weighted by atomic mass is 32.1. The van der Waals surface area contributed by atoms with E-state index in [-0.39, 0.29) is 0 Å². The Morgan fingerprint density at radius 2 is 1.93 bits per heavy atom. The summed E-state index contributed by atoms with van der Waals surface area (Å²) in [5.74, 6) is 0.508. The maximum atomic E-state index is 5.48. The van der Waals surface area contributed by atoms with Gasteiger partial charge in [0.2, 0.25) is 11.0 Å². The predicted octanol–water partition coefficient (Wildman–Crippen LogP) is 4.46. The van der Waals surface area contributed by atoms with Crippen LogP contribution in [0.4, 0.5) is 10.8 Å². The van der Waals surface area contributed by atoms with Crippen LogP contribution in [-0.2, 0) is 0 Å². The molecule has 8 heteroatoms. The van der Waals surface area contributed by atoms with Gasteiger partial charge in [0, 0.05) is 11.9 Å². The molecule has 4 rings (SSSR count). The fourth-order valence-corrected chi connectivity index (χ4v) is 3.54. The minimum atomic E-state index is 0.508. The number of nitrogens with one attached hydrogen (secondary N) is 1. The molecule has 0 radical (unpaired) electrons. The lowest BCUT2D eigenvalue weighted by Crippen LogP contribution is -1.99. The van der Waals surface area contributed by atoms with Gasteiger partial charge in [0.15, 0.2) is 5.01 Å². The van der Waals surface area contributed by atoms with Crippen molar-refractivity contribution in [2.75, 3.05) is 12.4 Å². The lowest BCUT2D eigenvalue weighted by molar-refractivity contribution is 0.396. The molecule has 0 saturated carbocycles. The van der Waals surface area contributed by atoms with Gasteiger partial charge in [-0.25, -0.2) is 9.97 Å². The van der Waals surface area contributed by atoms with Crippen molar-refractivity contribution in [3.05, 3.63) is 59.7 Å². The number of rotatable bonds is 5. The van der Waals surface area contributed by atoms with Crippen LogP contribution in [-0.4, -0.2) is 31.8 Å². The Kier molecular flexibility index (Phi) is 4.79. The molecule has 1 aromatic carbocycles. The van der Waals surface area contributed by atoms with Gasteiger partial charge in [0.1, 0.15) is 11.4 Å². The van der Waals surface area contributed by atoms with Crippen molar-refractivity contribution in [2.45, 2.75) is 20.8 Å². The molecule has 0 fully saturated rings. The third kappa shape index (κ3) is 3.59. The van der Waals surface area contributed by atoms with Gasteiger partial charge in [-0.1, -0.05) is 23.5 Å². The number of aromatic nitrogens is 5. The average Bonchev–Trinajstić information content (AvgIpc) is 3.33. The molecular formula is C20H20N6OS. The quantitative estimate of drug-likeness (QED) is 0.540. The Hall–Kier alpha value is -3.26. The maximum absolute atomic E-state index is 5.48. The largest absolute Gasteiger partial charge is 0.479 e. The fourth-order valence-electron chi connectivity index (χ4n) is 2.81. The van der Waals surface area contributed by atoms with E-state index < -0.39 is 0 Å². The van der Waals surface area contributed by atoms with E-state index in [1.54, 1.807) is 13.4 Å². The molecule has 0 bridgehead atoms. The van der Waals surface area contributed by atoms with E-state index in [2.05, 4.69) is 57.5 Å². The van der Waals surface area contributed by atoms with Crippen LogP contribution in [0.1, 0.15) is 16.8 Å². The Bertz CT molecular complexity index is 1130. The van der Waals surface area contributed by atoms with E-state index in [1.165, 1.54) is 16.9 Å². The van der Waals surface area contributed by atoms with Crippen molar-refractivity contribution in [1.82, 2.24) is 24.7 Å². The van der Waals surface area contributed by atoms with Crippen LogP contribution in [0.15, 0.2) is 42.9 Å². The summed E-state index contributed by atoms with van der Waals surface area (Å²) in [5.41, 5.74) is 5.84. The van der Waals surface area contributed by atoms with Crippen LogP contribution < -0.4 is 10.1 Å². The van der Waals surface area contributed by atoms with Gasteiger partial charge < -0.3 is 14.6 Å². The third-order valence-corrected chi connectivity index (χ3v) is 5.16. The monoisotopic (exact) mass is 392 g/mol. The van der Waals surface area contributed by atoms with E-state index >= 15 is 0 Å². The zero-order chi connectivity index (χ0) is 19.7. The second kappa shape index (κ2) is 7.40. The molecule has 0 saturated heterocycles. The molecule has 1 N–H and O–H groups in total. The van der Waals surface area contributed by atoms with Crippen LogP contribution in [0.5, 0.6) is 5.88 Å². The average molecular weight is 392 g/mol. The van der Waals surface area contributed by atoms with Gasteiger partial charge in [0.25, 0.3) is 0 Å². The van der Waals surface area contributed by atoms with E-state index in [0.717, 1.165) is 32.8 Å². The first-order valence-corrected chi connectivity index (χ1v) is 9.59. The Balaban J connectivity index is 1.62. The fraction of sp³-hybridized carbons (Fsp3) is 0.200. The molecule has 0 aliphatic carbocycles. The zero-order valence-electron chi connectivity index (χ0n) is 16.1. The molecule has 0 aliphatic heterocycles. The first-order chi connectivity index (χ1) is 13.5. The maximum Gasteiger partial charge on any atom is 0.238 e. The van der Waals surface area contributed by atoms with Gasteiger partial charge in [0.05, 0.1) is 19.1 Å². The van der Waals surface area contributed by atoms with Gasteiger partial charge in [-0.3, -0.25) is 0 Å². The molecule has 0 spiro atoms. The van der Waals surface area contributed by atoms with Crippen molar-refractivity contribution in [3.8, 4) is 22.3 Å². The second-order valence-electron chi connectivity index (χ2n) is 6.50. The topological polar surface area (TPSA) is 77.8 Å². The van der Waals surface area contributed by atoms with Crippen molar-refractivity contribution in [2.24, 2.45) is 0 Å². The van der Waals surface area contributed by atoms with Crippen molar-refractivity contribution < 1.29 is 4.74 Å². The highest BCUT2D eigenvalue weighted by Crippen LogP contribution is 2.31. The number of aryl methyl sites for hydroxylation is 3. The molecule has 4 aromatic rings. The number of anilines is 2. The molecule has 0 unspecified atom stereocenters. The summed E-state index contributed by atoms with van der Waals surface area (Å²) >= 11 is 1.45. The minimum Gasteiger partial charge on any atom is -0.479 e. The minimum absolute atomic E-state index is 0.508.